The van der Waals surface area contributed by atoms with E-state index in [9.17, 15) is 0 Å². The van der Waals surface area contributed by atoms with E-state index in [0.717, 1.165) is 22.8 Å². The van der Waals surface area contributed by atoms with Crippen molar-refractivity contribution in [3.63, 3.8) is 0 Å². The van der Waals surface area contributed by atoms with Crippen molar-refractivity contribution in [1.82, 2.24) is 19.7 Å². The van der Waals surface area contributed by atoms with Crippen LogP contribution in [-0.2, 0) is 0 Å². The third kappa shape index (κ3) is 4.11. The van der Waals surface area contributed by atoms with Crippen LogP contribution in [0, 0.1) is 6.92 Å². The minimum atomic E-state index is 0.226. The Morgan fingerprint density at radius 2 is 1.66 bits per heavy atom. The number of nitrogens with zero attached hydrogens (tertiary/aromatic N) is 5. The molecule has 0 unspecified atom stereocenters. The zero-order valence-electron chi connectivity index (χ0n) is 16.8. The van der Waals surface area contributed by atoms with E-state index < -0.39 is 0 Å². The zero-order chi connectivity index (χ0) is 20.2. The molecular weight excluding hydrogens is 360 g/mol. The largest absolute Gasteiger partial charge is 0.367 e. The summed E-state index contributed by atoms with van der Waals surface area (Å²) in [5.74, 6) is 0.537. The SMILES string of the molecule is Cc1ncc(N(C)[C@H](C)c2ccccc2)cc1Nc1ncn(-c2ccccc2)n1. The van der Waals surface area contributed by atoms with Gasteiger partial charge in [0.15, 0.2) is 0 Å². The molecule has 0 bridgehead atoms. The summed E-state index contributed by atoms with van der Waals surface area (Å²) in [5, 5.41) is 7.83. The van der Waals surface area contributed by atoms with Crippen molar-refractivity contribution in [1.29, 1.82) is 0 Å². The molecule has 0 aliphatic carbocycles. The Morgan fingerprint density at radius 1 is 0.966 bits per heavy atom. The predicted molar refractivity (Wildman–Crippen MR) is 117 cm³/mol. The molecule has 2 aromatic carbocycles. The Morgan fingerprint density at radius 3 is 2.38 bits per heavy atom. The number of pyridine rings is 1. The average Bonchev–Trinajstić information content (AvgIpc) is 3.24. The number of anilines is 3. The molecular formula is C23H24N6. The van der Waals surface area contributed by atoms with Gasteiger partial charge in [0.05, 0.1) is 35.0 Å². The van der Waals surface area contributed by atoms with Crippen molar-refractivity contribution in [2.75, 3.05) is 17.3 Å². The van der Waals surface area contributed by atoms with Crippen LogP contribution in [0.3, 0.4) is 0 Å². The molecule has 1 N–H and O–H groups in total. The minimum absolute atomic E-state index is 0.226. The lowest BCUT2D eigenvalue weighted by molar-refractivity contribution is 0.738. The van der Waals surface area contributed by atoms with Gasteiger partial charge in [0, 0.05) is 7.05 Å². The highest BCUT2D eigenvalue weighted by molar-refractivity contribution is 5.63. The van der Waals surface area contributed by atoms with Gasteiger partial charge in [-0.2, -0.15) is 4.98 Å². The van der Waals surface area contributed by atoms with E-state index in [2.05, 4.69) is 69.6 Å². The minimum Gasteiger partial charge on any atom is -0.367 e. The van der Waals surface area contributed by atoms with E-state index in [4.69, 9.17) is 0 Å². The summed E-state index contributed by atoms with van der Waals surface area (Å²) in [5.41, 5.74) is 5.03. The fourth-order valence-corrected chi connectivity index (χ4v) is 3.17. The number of para-hydroxylation sites is 1. The molecule has 0 amide bonds. The number of hydrogen-bond acceptors (Lipinski definition) is 5. The van der Waals surface area contributed by atoms with Gasteiger partial charge < -0.3 is 10.2 Å². The highest BCUT2D eigenvalue weighted by Crippen LogP contribution is 2.28. The van der Waals surface area contributed by atoms with Crippen molar-refractivity contribution in [2.45, 2.75) is 19.9 Å². The Bertz CT molecular complexity index is 1070. The van der Waals surface area contributed by atoms with Gasteiger partial charge in [0.1, 0.15) is 6.33 Å². The quantitative estimate of drug-likeness (QED) is 0.512. The summed E-state index contributed by atoms with van der Waals surface area (Å²) in [6, 6.07) is 22.7. The molecule has 0 saturated heterocycles. The van der Waals surface area contributed by atoms with Gasteiger partial charge in [0.2, 0.25) is 5.95 Å². The maximum atomic E-state index is 4.57. The molecule has 0 aliphatic rings. The first kappa shape index (κ1) is 18.7. The Hall–Kier alpha value is -3.67. The summed E-state index contributed by atoms with van der Waals surface area (Å²) < 4.78 is 1.75. The summed E-state index contributed by atoms with van der Waals surface area (Å²) in [7, 11) is 2.08. The maximum Gasteiger partial charge on any atom is 0.247 e. The number of rotatable bonds is 6. The van der Waals surface area contributed by atoms with Crippen molar-refractivity contribution in [3.05, 3.63) is 90.5 Å². The van der Waals surface area contributed by atoms with Crippen LogP contribution in [0.1, 0.15) is 24.2 Å². The van der Waals surface area contributed by atoms with E-state index >= 15 is 0 Å². The molecule has 6 heteroatoms. The van der Waals surface area contributed by atoms with Crippen LogP contribution in [0.4, 0.5) is 17.3 Å². The Labute approximate surface area is 170 Å². The summed E-state index contributed by atoms with van der Waals surface area (Å²) in [4.78, 5) is 11.2. The first-order valence-electron chi connectivity index (χ1n) is 9.60. The highest BCUT2D eigenvalue weighted by Gasteiger charge is 2.14. The van der Waals surface area contributed by atoms with Gasteiger partial charge in [-0.05, 0) is 37.6 Å². The van der Waals surface area contributed by atoms with Crippen LogP contribution in [0.5, 0.6) is 0 Å². The van der Waals surface area contributed by atoms with Crippen LogP contribution >= 0.6 is 0 Å². The number of nitrogens with one attached hydrogen (secondary N) is 1. The van der Waals surface area contributed by atoms with Gasteiger partial charge in [-0.25, -0.2) is 4.68 Å². The molecule has 0 spiro atoms. The molecule has 6 nitrogen and oxygen atoms in total. The first-order chi connectivity index (χ1) is 14.1. The van der Waals surface area contributed by atoms with E-state index in [-0.39, 0.29) is 6.04 Å². The third-order valence-corrected chi connectivity index (χ3v) is 5.10. The van der Waals surface area contributed by atoms with E-state index in [1.165, 1.54) is 5.56 Å². The predicted octanol–water partition coefficient (Wildman–Crippen LogP) is 4.91. The maximum absolute atomic E-state index is 4.57. The second kappa shape index (κ2) is 8.14. The standard InChI is InChI=1S/C23H24N6/c1-17-22(26-23-25-16-29(27-23)20-12-8-5-9-13-20)14-21(15-24-17)28(3)18(2)19-10-6-4-7-11-19/h4-16,18H,1-3H3,(H,26,27)/t18-/m1/s1. The van der Waals surface area contributed by atoms with Crippen molar-refractivity contribution in [3.8, 4) is 5.69 Å². The van der Waals surface area contributed by atoms with Gasteiger partial charge in [-0.15, -0.1) is 5.10 Å². The summed E-state index contributed by atoms with van der Waals surface area (Å²) in [6.45, 7) is 4.16. The van der Waals surface area contributed by atoms with Crippen LogP contribution in [-0.4, -0.2) is 26.8 Å². The molecule has 29 heavy (non-hydrogen) atoms. The van der Waals surface area contributed by atoms with Gasteiger partial charge in [-0.1, -0.05) is 48.5 Å². The molecule has 0 aliphatic heterocycles. The number of aromatic nitrogens is 4. The molecule has 146 valence electrons. The van der Waals surface area contributed by atoms with Crippen LogP contribution < -0.4 is 10.2 Å². The summed E-state index contributed by atoms with van der Waals surface area (Å²) in [6.07, 6.45) is 3.60. The molecule has 2 aromatic heterocycles. The average molecular weight is 384 g/mol. The second-order valence-electron chi connectivity index (χ2n) is 7.00. The Balaban J connectivity index is 1.55. The van der Waals surface area contributed by atoms with Gasteiger partial charge in [0.25, 0.3) is 0 Å². The van der Waals surface area contributed by atoms with Gasteiger partial charge >= 0.3 is 0 Å². The molecule has 4 aromatic rings. The number of hydrogen-bond donors (Lipinski definition) is 1. The topological polar surface area (TPSA) is 58.9 Å². The lowest BCUT2D eigenvalue weighted by atomic mass is 10.1. The smallest absolute Gasteiger partial charge is 0.247 e. The van der Waals surface area contributed by atoms with Crippen LogP contribution in [0.2, 0.25) is 0 Å². The van der Waals surface area contributed by atoms with Crippen molar-refractivity contribution >= 4 is 17.3 Å². The number of benzene rings is 2. The second-order valence-corrected chi connectivity index (χ2v) is 7.00. The summed E-state index contributed by atoms with van der Waals surface area (Å²) >= 11 is 0. The van der Waals surface area contributed by atoms with Gasteiger partial charge in [-0.3, -0.25) is 4.98 Å². The van der Waals surface area contributed by atoms with Crippen LogP contribution in [0.15, 0.2) is 79.3 Å². The molecule has 2 heterocycles. The monoisotopic (exact) mass is 384 g/mol. The fraction of sp³-hybridized carbons (Fsp3) is 0.174. The normalized spacial score (nSPS) is 11.8. The van der Waals surface area contributed by atoms with E-state index in [1.54, 1.807) is 11.0 Å². The molecule has 4 rings (SSSR count). The fourth-order valence-electron chi connectivity index (χ4n) is 3.17. The molecule has 0 fully saturated rings. The first-order valence-corrected chi connectivity index (χ1v) is 9.60. The number of aryl methyl sites for hydroxylation is 1. The van der Waals surface area contributed by atoms with Crippen molar-refractivity contribution in [2.24, 2.45) is 0 Å². The lowest BCUT2D eigenvalue weighted by Gasteiger charge is -2.27. The highest BCUT2D eigenvalue weighted by atomic mass is 15.4. The lowest BCUT2D eigenvalue weighted by Crippen LogP contribution is -2.22. The molecule has 0 saturated carbocycles. The third-order valence-electron chi connectivity index (χ3n) is 5.10. The van der Waals surface area contributed by atoms with E-state index in [0.29, 0.717) is 5.95 Å². The molecule has 0 radical (unpaired) electrons. The Kier molecular flexibility index (Phi) is 5.24. The molecule has 1 atom stereocenters. The van der Waals surface area contributed by atoms with Crippen molar-refractivity contribution < 1.29 is 0 Å². The van der Waals surface area contributed by atoms with E-state index in [1.807, 2.05) is 49.5 Å². The van der Waals surface area contributed by atoms with Crippen LogP contribution in [0.25, 0.3) is 5.69 Å². The zero-order valence-corrected chi connectivity index (χ0v) is 16.8.